The molecule has 5 heteroatoms. The first-order valence-corrected chi connectivity index (χ1v) is 14.5. The quantitative estimate of drug-likeness (QED) is 0.203. The highest BCUT2D eigenvalue weighted by molar-refractivity contribution is 7.79. The van der Waals surface area contributed by atoms with E-state index in [0.29, 0.717) is 18.8 Å². The zero-order valence-corrected chi connectivity index (χ0v) is 21.7. The molecule has 4 nitrogen and oxygen atoms in total. The summed E-state index contributed by atoms with van der Waals surface area (Å²) in [6, 6.07) is 32.7. The van der Waals surface area contributed by atoms with Crippen molar-refractivity contribution in [2.45, 2.75) is 57.1 Å². The Bertz CT molecular complexity index is 1150. The number of benzene rings is 3. The van der Waals surface area contributed by atoms with Gasteiger partial charge in [-0.15, -0.1) is 0 Å². The summed E-state index contributed by atoms with van der Waals surface area (Å²) in [6.45, 7) is 2.63. The Morgan fingerprint density at radius 2 is 1.42 bits per heavy atom. The molecule has 188 valence electrons. The van der Waals surface area contributed by atoms with Crippen LogP contribution in [0.1, 0.15) is 50.0 Å². The van der Waals surface area contributed by atoms with E-state index in [1.54, 1.807) is 18.4 Å². The van der Waals surface area contributed by atoms with Gasteiger partial charge in [0.2, 0.25) is 0 Å². The minimum absolute atomic E-state index is 0.166. The van der Waals surface area contributed by atoms with E-state index in [-0.39, 0.29) is 6.10 Å². The van der Waals surface area contributed by atoms with E-state index < -0.39 is 18.9 Å². The maximum absolute atomic E-state index is 15.3. The Balaban J connectivity index is 1.75. The second-order valence-electron chi connectivity index (χ2n) is 9.15. The number of hydrogen-bond donors (Lipinski definition) is 1. The average molecular weight is 503 g/mol. The van der Waals surface area contributed by atoms with E-state index in [4.69, 9.17) is 9.15 Å². The Morgan fingerprint density at radius 3 is 1.94 bits per heavy atom. The van der Waals surface area contributed by atoms with Crippen molar-refractivity contribution in [1.82, 2.24) is 0 Å². The second kappa shape index (κ2) is 12.9. The van der Waals surface area contributed by atoms with Crippen molar-refractivity contribution in [1.29, 1.82) is 0 Å². The molecule has 0 radical (unpaired) electrons. The molecule has 1 heterocycles. The third kappa shape index (κ3) is 6.25. The third-order valence-electron chi connectivity index (χ3n) is 6.66. The van der Waals surface area contributed by atoms with Crippen molar-refractivity contribution in [3.63, 3.8) is 0 Å². The van der Waals surface area contributed by atoms with Crippen LogP contribution in [0.5, 0.6) is 0 Å². The largest absolute Gasteiger partial charge is 0.467 e. The molecule has 0 saturated carbocycles. The highest BCUT2D eigenvalue weighted by Crippen LogP contribution is 2.55. The van der Waals surface area contributed by atoms with Gasteiger partial charge in [-0.05, 0) is 30.5 Å². The first kappa shape index (κ1) is 26.2. The van der Waals surface area contributed by atoms with E-state index in [9.17, 15) is 5.11 Å². The summed E-state index contributed by atoms with van der Waals surface area (Å²) in [5.74, 6) is 0.421. The Kier molecular flexibility index (Phi) is 9.35. The Hall–Kier alpha value is -2.91. The van der Waals surface area contributed by atoms with Gasteiger partial charge in [0, 0.05) is 10.6 Å². The maximum atomic E-state index is 15.3. The predicted molar refractivity (Wildman–Crippen MR) is 146 cm³/mol. The maximum Gasteiger partial charge on any atom is 0.149 e. The van der Waals surface area contributed by atoms with Crippen LogP contribution in [0.15, 0.2) is 114 Å². The van der Waals surface area contributed by atoms with Gasteiger partial charge >= 0.3 is 0 Å². The second-order valence-corrected chi connectivity index (χ2v) is 12.2. The number of aliphatic hydroxyl groups excluding tert-OH is 1. The van der Waals surface area contributed by atoms with Crippen LogP contribution in [0.4, 0.5) is 0 Å². The molecule has 0 bridgehead atoms. The van der Waals surface area contributed by atoms with Crippen LogP contribution in [0.3, 0.4) is 0 Å². The van der Waals surface area contributed by atoms with Crippen LogP contribution in [0.2, 0.25) is 0 Å². The van der Waals surface area contributed by atoms with Crippen LogP contribution in [-0.4, -0.2) is 16.9 Å². The van der Waals surface area contributed by atoms with Crippen molar-refractivity contribution in [3.8, 4) is 0 Å². The minimum atomic E-state index is -3.30. The lowest BCUT2D eigenvalue weighted by Crippen LogP contribution is -2.34. The smallest absolute Gasteiger partial charge is 0.149 e. The van der Waals surface area contributed by atoms with E-state index in [1.165, 1.54) is 0 Å². The van der Waals surface area contributed by atoms with E-state index in [1.807, 2.05) is 91.0 Å². The molecule has 0 aliphatic carbocycles. The zero-order valence-electron chi connectivity index (χ0n) is 20.8. The Labute approximate surface area is 214 Å². The summed E-state index contributed by atoms with van der Waals surface area (Å²) >= 11 is 0. The fourth-order valence-electron chi connectivity index (χ4n) is 4.71. The highest BCUT2D eigenvalue weighted by atomic mass is 31.2. The molecule has 0 spiro atoms. The fraction of sp³-hybridized carbons (Fsp3) is 0.290. The summed E-state index contributed by atoms with van der Waals surface area (Å²) in [4.78, 5) is 0. The molecule has 1 N–H and O–H groups in total. The van der Waals surface area contributed by atoms with Crippen LogP contribution in [0, 0.1) is 0 Å². The van der Waals surface area contributed by atoms with E-state index in [0.717, 1.165) is 35.4 Å². The van der Waals surface area contributed by atoms with E-state index in [2.05, 4.69) is 6.92 Å². The lowest BCUT2D eigenvalue weighted by molar-refractivity contribution is 0.0167. The van der Waals surface area contributed by atoms with Gasteiger partial charge in [0.25, 0.3) is 0 Å². The van der Waals surface area contributed by atoms with Gasteiger partial charge in [-0.3, -0.25) is 0 Å². The topological polar surface area (TPSA) is 59.7 Å². The molecule has 0 unspecified atom stereocenters. The molecule has 0 fully saturated rings. The van der Waals surface area contributed by atoms with Crippen LogP contribution in [-0.2, 0) is 15.9 Å². The van der Waals surface area contributed by atoms with Crippen molar-refractivity contribution < 1.29 is 18.8 Å². The summed E-state index contributed by atoms with van der Waals surface area (Å²) in [6.07, 6.45) is 3.63. The summed E-state index contributed by atoms with van der Waals surface area (Å²) < 4.78 is 27.3. The standard InChI is InChI=1S/C31H35O4P/c1-2-3-16-26(35-24-25-14-7-4-8-15-25)23-30(31(32)29-21-13-22-34-29)36(33,27-17-9-5-10-18-27)28-19-11-6-12-20-28/h4-15,17-22,26,30-32H,2-3,16,23-24H2,1H3/t26-,30+,31+/m1/s1. The molecule has 0 aliphatic rings. The molecule has 1 aromatic heterocycles. The number of hydrogen-bond acceptors (Lipinski definition) is 4. The number of furan rings is 1. The summed E-state index contributed by atoms with van der Waals surface area (Å²) in [5, 5.41) is 13.1. The van der Waals surface area contributed by atoms with E-state index >= 15 is 4.57 Å². The summed E-state index contributed by atoms with van der Waals surface area (Å²) in [7, 11) is -3.30. The minimum Gasteiger partial charge on any atom is -0.467 e. The van der Waals surface area contributed by atoms with Crippen molar-refractivity contribution >= 4 is 17.8 Å². The molecule has 0 saturated heterocycles. The number of aliphatic hydroxyl groups is 1. The first-order valence-electron chi connectivity index (χ1n) is 12.7. The van der Waals surface area contributed by atoms with Crippen molar-refractivity contribution in [2.75, 3.05) is 0 Å². The highest BCUT2D eigenvalue weighted by Gasteiger charge is 2.43. The van der Waals surface area contributed by atoms with Gasteiger partial charge in [-0.25, -0.2) is 0 Å². The van der Waals surface area contributed by atoms with Gasteiger partial charge in [0.15, 0.2) is 0 Å². The van der Waals surface area contributed by atoms with Crippen LogP contribution >= 0.6 is 7.14 Å². The Morgan fingerprint density at radius 1 is 0.833 bits per heavy atom. The van der Waals surface area contributed by atoms with Gasteiger partial charge in [0.1, 0.15) is 19.0 Å². The number of rotatable bonds is 13. The monoisotopic (exact) mass is 502 g/mol. The number of ether oxygens (including phenoxy) is 1. The lowest BCUT2D eigenvalue weighted by Gasteiger charge is -2.34. The molecule has 36 heavy (non-hydrogen) atoms. The normalized spacial score (nSPS) is 14.3. The molecular formula is C31H35O4P. The SMILES string of the molecule is CCCC[C@H](C[C@@H]([C@@H](O)c1ccco1)P(=O)(c1ccccc1)c1ccccc1)OCc1ccccc1. The van der Waals surface area contributed by atoms with Gasteiger partial charge < -0.3 is 18.8 Å². The van der Waals surface area contributed by atoms with Gasteiger partial charge in [0.05, 0.1) is 24.6 Å². The van der Waals surface area contributed by atoms with Crippen LogP contribution < -0.4 is 10.6 Å². The lowest BCUT2D eigenvalue weighted by atomic mass is 10.0. The predicted octanol–water partition coefficient (Wildman–Crippen LogP) is 6.86. The zero-order chi connectivity index (χ0) is 25.2. The van der Waals surface area contributed by atoms with Crippen molar-refractivity contribution in [2.24, 2.45) is 0 Å². The molecule has 3 aromatic carbocycles. The first-order chi connectivity index (χ1) is 17.6. The molecular weight excluding hydrogens is 467 g/mol. The molecule has 0 aliphatic heterocycles. The molecule has 4 rings (SSSR count). The number of unbranched alkanes of at least 4 members (excludes halogenated alkanes) is 1. The van der Waals surface area contributed by atoms with Crippen LogP contribution in [0.25, 0.3) is 0 Å². The van der Waals surface area contributed by atoms with Gasteiger partial charge in [-0.1, -0.05) is 111 Å². The molecule has 4 aromatic rings. The average Bonchev–Trinajstić information content (AvgIpc) is 3.49. The fourth-order valence-corrected chi connectivity index (χ4v) is 8.09. The molecule has 3 atom stereocenters. The summed E-state index contributed by atoms with van der Waals surface area (Å²) in [5.41, 5.74) is 0.475. The third-order valence-corrected chi connectivity index (χ3v) is 10.2. The van der Waals surface area contributed by atoms with Crippen molar-refractivity contribution in [3.05, 3.63) is 121 Å². The molecule has 0 amide bonds. The van der Waals surface area contributed by atoms with Gasteiger partial charge in [-0.2, -0.15) is 0 Å².